The van der Waals surface area contributed by atoms with Gasteiger partial charge in [-0.05, 0) is 42.9 Å². The lowest BCUT2D eigenvalue weighted by atomic mass is 9.78. The van der Waals surface area contributed by atoms with E-state index in [1.807, 2.05) is 6.26 Å². The van der Waals surface area contributed by atoms with Crippen molar-refractivity contribution in [2.45, 2.75) is 49.7 Å². The van der Waals surface area contributed by atoms with Gasteiger partial charge in [0.25, 0.3) is 0 Å². The molecule has 140 valence electrons. The van der Waals surface area contributed by atoms with E-state index in [1.165, 1.54) is 12.1 Å². The van der Waals surface area contributed by atoms with Crippen molar-refractivity contribution >= 4 is 17.7 Å². The molecular weight excluding hydrogens is 349 g/mol. The Morgan fingerprint density at radius 1 is 1.36 bits per heavy atom. The fraction of sp³-hybridized carbons (Fsp3) is 0.611. The zero-order chi connectivity index (χ0) is 18.5. The Labute approximate surface area is 150 Å². The average molecular weight is 374 g/mol. The van der Waals surface area contributed by atoms with Crippen molar-refractivity contribution in [3.8, 4) is 0 Å². The van der Waals surface area contributed by atoms with Crippen molar-refractivity contribution in [3.05, 3.63) is 35.4 Å². The van der Waals surface area contributed by atoms with Crippen molar-refractivity contribution in [2.75, 3.05) is 18.6 Å². The lowest BCUT2D eigenvalue weighted by Crippen LogP contribution is -2.46. The third-order valence-electron chi connectivity index (χ3n) is 4.93. The van der Waals surface area contributed by atoms with Crippen molar-refractivity contribution in [1.82, 2.24) is 5.32 Å². The predicted octanol–water partition coefficient (Wildman–Crippen LogP) is 3.71. The van der Waals surface area contributed by atoms with Crippen LogP contribution in [0.25, 0.3) is 0 Å². The zero-order valence-corrected chi connectivity index (χ0v) is 15.2. The molecular formula is C18H25F3N2OS. The summed E-state index contributed by atoms with van der Waals surface area (Å²) in [5.41, 5.74) is 5.45. The van der Waals surface area contributed by atoms with E-state index in [0.29, 0.717) is 18.5 Å². The molecule has 1 aromatic rings. The molecule has 0 radical (unpaired) electrons. The highest BCUT2D eigenvalue weighted by Gasteiger charge is 2.38. The van der Waals surface area contributed by atoms with Crippen LogP contribution in [0.4, 0.5) is 13.2 Å². The molecule has 1 fully saturated rings. The Bertz CT molecular complexity index is 586. The third kappa shape index (κ3) is 5.14. The normalized spacial score (nSPS) is 18.1. The lowest BCUT2D eigenvalue weighted by molar-refractivity contribution is -0.137. The van der Waals surface area contributed by atoms with Gasteiger partial charge in [-0.2, -0.15) is 24.9 Å². The number of carbonyl (C=O) groups excluding carboxylic acids is 1. The van der Waals surface area contributed by atoms with Gasteiger partial charge in [-0.3, -0.25) is 4.79 Å². The molecule has 0 bridgehead atoms. The summed E-state index contributed by atoms with van der Waals surface area (Å²) < 4.78 is 39.1. The van der Waals surface area contributed by atoms with Crippen LogP contribution < -0.4 is 11.1 Å². The first-order valence-corrected chi connectivity index (χ1v) is 9.88. The molecule has 0 aliphatic heterocycles. The van der Waals surface area contributed by atoms with Gasteiger partial charge in [0.2, 0.25) is 5.91 Å². The van der Waals surface area contributed by atoms with Crippen LogP contribution in [0.5, 0.6) is 0 Å². The second-order valence-electron chi connectivity index (χ2n) is 6.67. The number of carbonyl (C=O) groups is 1. The summed E-state index contributed by atoms with van der Waals surface area (Å²) in [4.78, 5) is 12.2. The molecule has 1 saturated carbocycles. The van der Waals surface area contributed by atoms with E-state index in [0.717, 1.165) is 37.5 Å². The predicted molar refractivity (Wildman–Crippen MR) is 95.6 cm³/mol. The third-order valence-corrected chi connectivity index (χ3v) is 5.58. The summed E-state index contributed by atoms with van der Waals surface area (Å²) in [5, 5.41) is 2.88. The standard InChI is InChI=1S/C18H25F3N2OS/c1-25-10-7-15(22)16(24)23-12-17(8-2-3-9-17)13-5-4-6-14(11-13)18(19,20)21/h4-6,11,15H,2-3,7-10,12,22H2,1H3,(H,23,24)/t15-/m0/s1. The van der Waals surface area contributed by atoms with E-state index in [4.69, 9.17) is 5.73 Å². The largest absolute Gasteiger partial charge is 0.416 e. The molecule has 3 nitrogen and oxygen atoms in total. The van der Waals surface area contributed by atoms with E-state index < -0.39 is 23.2 Å². The molecule has 1 amide bonds. The summed E-state index contributed by atoms with van der Waals surface area (Å²) in [5.74, 6) is 0.570. The molecule has 0 saturated heterocycles. The Hall–Kier alpha value is -1.21. The van der Waals surface area contributed by atoms with Gasteiger partial charge in [-0.15, -0.1) is 0 Å². The number of halogens is 3. The van der Waals surface area contributed by atoms with Gasteiger partial charge in [0.1, 0.15) is 0 Å². The topological polar surface area (TPSA) is 55.1 Å². The summed E-state index contributed by atoms with van der Waals surface area (Å²) in [7, 11) is 0. The van der Waals surface area contributed by atoms with E-state index in [2.05, 4.69) is 5.32 Å². The van der Waals surface area contributed by atoms with Crippen LogP contribution in [0.2, 0.25) is 0 Å². The summed E-state index contributed by atoms with van der Waals surface area (Å²) >= 11 is 1.62. The highest BCUT2D eigenvalue weighted by atomic mass is 32.2. The minimum Gasteiger partial charge on any atom is -0.354 e. The molecule has 1 aliphatic rings. The van der Waals surface area contributed by atoms with Gasteiger partial charge in [0, 0.05) is 12.0 Å². The van der Waals surface area contributed by atoms with Crippen molar-refractivity contribution in [2.24, 2.45) is 5.73 Å². The van der Waals surface area contributed by atoms with Crippen LogP contribution in [0, 0.1) is 0 Å². The molecule has 7 heteroatoms. The minimum absolute atomic E-state index is 0.229. The number of benzene rings is 1. The van der Waals surface area contributed by atoms with Gasteiger partial charge >= 0.3 is 6.18 Å². The van der Waals surface area contributed by atoms with Crippen LogP contribution in [0.1, 0.15) is 43.2 Å². The van der Waals surface area contributed by atoms with Crippen molar-refractivity contribution < 1.29 is 18.0 Å². The minimum atomic E-state index is -4.36. The lowest BCUT2D eigenvalue weighted by Gasteiger charge is -2.31. The summed E-state index contributed by atoms with van der Waals surface area (Å²) in [6.07, 6.45) is 1.62. The number of nitrogens with one attached hydrogen (secondary N) is 1. The highest BCUT2D eigenvalue weighted by Crippen LogP contribution is 2.42. The summed E-state index contributed by atoms with van der Waals surface area (Å²) in [6, 6.07) is 4.92. The number of hydrogen-bond acceptors (Lipinski definition) is 3. The van der Waals surface area contributed by atoms with Crippen LogP contribution in [-0.2, 0) is 16.4 Å². The molecule has 2 rings (SSSR count). The quantitative estimate of drug-likeness (QED) is 0.765. The van der Waals surface area contributed by atoms with E-state index in [1.54, 1.807) is 17.8 Å². The monoisotopic (exact) mass is 374 g/mol. The Morgan fingerprint density at radius 2 is 2.04 bits per heavy atom. The van der Waals surface area contributed by atoms with Gasteiger partial charge < -0.3 is 11.1 Å². The average Bonchev–Trinajstić information content (AvgIpc) is 3.07. The number of alkyl halides is 3. The zero-order valence-electron chi connectivity index (χ0n) is 14.4. The van der Waals surface area contributed by atoms with Crippen LogP contribution >= 0.6 is 11.8 Å². The van der Waals surface area contributed by atoms with E-state index in [-0.39, 0.29) is 5.91 Å². The van der Waals surface area contributed by atoms with Crippen LogP contribution in [-0.4, -0.2) is 30.5 Å². The Balaban J connectivity index is 2.13. The number of nitrogens with two attached hydrogens (primary N) is 1. The molecule has 0 unspecified atom stereocenters. The van der Waals surface area contributed by atoms with Crippen LogP contribution in [0.3, 0.4) is 0 Å². The molecule has 0 spiro atoms. The first-order chi connectivity index (χ1) is 11.8. The van der Waals surface area contributed by atoms with Gasteiger partial charge in [0.15, 0.2) is 0 Å². The molecule has 0 heterocycles. The molecule has 1 aromatic carbocycles. The van der Waals surface area contributed by atoms with Crippen molar-refractivity contribution in [1.29, 1.82) is 0 Å². The SMILES string of the molecule is CSCC[C@H](N)C(=O)NCC1(c2cccc(C(F)(F)F)c2)CCCC1. The second-order valence-corrected chi connectivity index (χ2v) is 7.66. The molecule has 25 heavy (non-hydrogen) atoms. The molecule has 3 N–H and O–H groups in total. The Morgan fingerprint density at radius 3 is 2.64 bits per heavy atom. The fourth-order valence-corrected chi connectivity index (χ4v) is 3.90. The second kappa shape index (κ2) is 8.45. The van der Waals surface area contributed by atoms with Gasteiger partial charge in [-0.25, -0.2) is 0 Å². The first kappa shape index (κ1) is 20.1. The fourth-order valence-electron chi connectivity index (χ4n) is 3.41. The van der Waals surface area contributed by atoms with E-state index >= 15 is 0 Å². The van der Waals surface area contributed by atoms with Gasteiger partial charge in [0.05, 0.1) is 11.6 Å². The maximum absolute atomic E-state index is 13.0. The maximum Gasteiger partial charge on any atom is 0.416 e. The van der Waals surface area contributed by atoms with Crippen LogP contribution in [0.15, 0.2) is 24.3 Å². The Kier molecular flexibility index (Phi) is 6.79. The molecule has 0 aromatic heterocycles. The number of rotatable bonds is 7. The molecule has 1 aliphatic carbocycles. The maximum atomic E-state index is 13.0. The number of amides is 1. The first-order valence-electron chi connectivity index (χ1n) is 8.48. The smallest absolute Gasteiger partial charge is 0.354 e. The highest BCUT2D eigenvalue weighted by molar-refractivity contribution is 7.98. The van der Waals surface area contributed by atoms with Crippen molar-refractivity contribution in [3.63, 3.8) is 0 Å². The number of thioether (sulfide) groups is 1. The number of hydrogen-bond donors (Lipinski definition) is 2. The van der Waals surface area contributed by atoms with Gasteiger partial charge in [-0.1, -0.05) is 31.0 Å². The molecule has 1 atom stereocenters. The summed E-state index contributed by atoms with van der Waals surface area (Å²) in [6.45, 7) is 0.333. The van der Waals surface area contributed by atoms with E-state index in [9.17, 15) is 18.0 Å².